The van der Waals surface area contributed by atoms with Crippen molar-refractivity contribution in [3.8, 4) is 11.6 Å². The van der Waals surface area contributed by atoms with Gasteiger partial charge in [-0.3, -0.25) is 0 Å². The van der Waals surface area contributed by atoms with Crippen molar-refractivity contribution in [2.45, 2.75) is 0 Å². The first-order chi connectivity index (χ1) is 4.97. The SMILES string of the molecule is [C]1COc2ccnnc2O1. The van der Waals surface area contributed by atoms with Crippen molar-refractivity contribution in [1.82, 2.24) is 10.2 Å². The Hall–Kier alpha value is -1.32. The standard InChI is InChI=1S/C6H4N2O2/c1-2-7-8-6-5(1)9-3-4-10-6/h1-2H,3H2. The monoisotopic (exact) mass is 136 g/mol. The van der Waals surface area contributed by atoms with Gasteiger partial charge < -0.3 is 9.47 Å². The minimum atomic E-state index is 0.346. The molecule has 1 aliphatic heterocycles. The predicted octanol–water partition coefficient (Wildman–Crippen LogP) is 0.287. The van der Waals surface area contributed by atoms with E-state index in [1.807, 2.05) is 0 Å². The van der Waals surface area contributed by atoms with Crippen molar-refractivity contribution < 1.29 is 9.47 Å². The highest BCUT2D eigenvalue weighted by Crippen LogP contribution is 2.25. The van der Waals surface area contributed by atoms with Crippen LogP contribution in [0.25, 0.3) is 0 Å². The number of hydrogen-bond donors (Lipinski definition) is 0. The number of nitrogens with zero attached hydrogens (tertiary/aromatic N) is 2. The lowest BCUT2D eigenvalue weighted by Crippen LogP contribution is -2.11. The van der Waals surface area contributed by atoms with Crippen LogP contribution in [0.4, 0.5) is 0 Å². The van der Waals surface area contributed by atoms with Crippen LogP contribution < -0.4 is 9.47 Å². The van der Waals surface area contributed by atoms with Gasteiger partial charge in [-0.15, -0.1) is 5.10 Å². The van der Waals surface area contributed by atoms with Crippen molar-refractivity contribution in [3.05, 3.63) is 18.9 Å². The molecule has 2 radical (unpaired) electrons. The minimum Gasteiger partial charge on any atom is -0.483 e. The van der Waals surface area contributed by atoms with E-state index < -0.39 is 0 Å². The number of hydrogen-bond acceptors (Lipinski definition) is 4. The maximum absolute atomic E-state index is 5.08. The lowest BCUT2D eigenvalue weighted by Gasteiger charge is -2.13. The summed E-state index contributed by atoms with van der Waals surface area (Å²) >= 11 is 0. The summed E-state index contributed by atoms with van der Waals surface area (Å²) in [4.78, 5) is 0. The molecule has 0 aromatic carbocycles. The highest BCUT2D eigenvalue weighted by Gasteiger charge is 2.12. The third-order valence-electron chi connectivity index (χ3n) is 1.11. The molecule has 0 bridgehead atoms. The third-order valence-corrected chi connectivity index (χ3v) is 1.11. The van der Waals surface area contributed by atoms with Gasteiger partial charge in [-0.05, 0) is 0 Å². The summed E-state index contributed by atoms with van der Waals surface area (Å²) in [5, 5.41) is 7.26. The van der Waals surface area contributed by atoms with E-state index >= 15 is 0 Å². The summed E-state index contributed by atoms with van der Waals surface area (Å²) in [6.07, 6.45) is 1.55. The number of rotatable bonds is 0. The van der Waals surface area contributed by atoms with Gasteiger partial charge in [0.25, 0.3) is 5.88 Å². The molecule has 0 saturated heterocycles. The molecule has 1 aromatic heterocycles. The van der Waals surface area contributed by atoms with Gasteiger partial charge in [0.1, 0.15) is 6.61 Å². The van der Waals surface area contributed by atoms with Gasteiger partial charge >= 0.3 is 0 Å². The van der Waals surface area contributed by atoms with Crippen molar-refractivity contribution >= 4 is 0 Å². The van der Waals surface area contributed by atoms with Crippen LogP contribution >= 0.6 is 0 Å². The van der Waals surface area contributed by atoms with Crippen LogP contribution in [-0.2, 0) is 0 Å². The molecule has 4 heteroatoms. The smallest absolute Gasteiger partial charge is 0.277 e. The Labute approximate surface area is 57.8 Å². The molecule has 0 saturated carbocycles. The molecule has 1 aromatic rings. The molecule has 4 nitrogen and oxygen atoms in total. The fraction of sp³-hybridized carbons (Fsp3) is 0.167. The summed E-state index contributed by atoms with van der Waals surface area (Å²) in [5.74, 6) is 1.00. The van der Waals surface area contributed by atoms with E-state index in [0.29, 0.717) is 18.2 Å². The number of aromatic nitrogens is 2. The lowest BCUT2D eigenvalue weighted by atomic mass is 10.5. The second kappa shape index (κ2) is 2.13. The zero-order chi connectivity index (χ0) is 6.81. The predicted molar refractivity (Wildman–Crippen MR) is 31.4 cm³/mol. The Bertz CT molecular complexity index is 214. The van der Waals surface area contributed by atoms with Gasteiger partial charge in [-0.1, -0.05) is 0 Å². The molecule has 2 heterocycles. The van der Waals surface area contributed by atoms with Gasteiger partial charge in [0, 0.05) is 6.07 Å². The summed E-state index contributed by atoms with van der Waals surface area (Å²) in [5.41, 5.74) is 0. The van der Waals surface area contributed by atoms with Crippen LogP contribution in [0, 0.1) is 6.61 Å². The van der Waals surface area contributed by atoms with Crippen molar-refractivity contribution in [3.63, 3.8) is 0 Å². The van der Waals surface area contributed by atoms with Crippen LogP contribution in [0.1, 0.15) is 0 Å². The second-order valence-corrected chi connectivity index (χ2v) is 1.74. The van der Waals surface area contributed by atoms with Crippen molar-refractivity contribution in [2.75, 3.05) is 6.61 Å². The zero-order valence-corrected chi connectivity index (χ0v) is 5.07. The van der Waals surface area contributed by atoms with Crippen LogP contribution in [0.3, 0.4) is 0 Å². The Kier molecular flexibility index (Phi) is 1.16. The van der Waals surface area contributed by atoms with Gasteiger partial charge in [-0.2, -0.15) is 5.10 Å². The average molecular weight is 136 g/mol. The maximum atomic E-state index is 5.08. The fourth-order valence-electron chi connectivity index (χ4n) is 0.693. The highest BCUT2D eigenvalue weighted by atomic mass is 16.6. The van der Waals surface area contributed by atoms with E-state index in [1.165, 1.54) is 0 Å². The van der Waals surface area contributed by atoms with E-state index in [2.05, 4.69) is 16.8 Å². The van der Waals surface area contributed by atoms with Crippen LogP contribution in [0.2, 0.25) is 0 Å². The number of ether oxygens (including phenoxy) is 2. The molecule has 0 N–H and O–H groups in total. The molecule has 1 aliphatic rings. The fourth-order valence-corrected chi connectivity index (χ4v) is 0.693. The van der Waals surface area contributed by atoms with Gasteiger partial charge in [0.05, 0.1) is 6.20 Å². The van der Waals surface area contributed by atoms with Gasteiger partial charge in [0.15, 0.2) is 5.75 Å². The summed E-state index contributed by atoms with van der Waals surface area (Å²) in [7, 11) is 0. The van der Waals surface area contributed by atoms with E-state index in [0.717, 1.165) is 0 Å². The quantitative estimate of drug-likeness (QED) is 0.514. The molecule has 50 valence electrons. The highest BCUT2D eigenvalue weighted by molar-refractivity contribution is 5.32. The minimum absolute atomic E-state index is 0.346. The summed E-state index contributed by atoms with van der Waals surface area (Å²) < 4.78 is 9.96. The van der Waals surface area contributed by atoms with E-state index in [4.69, 9.17) is 9.47 Å². The molecular weight excluding hydrogens is 132 g/mol. The molecule has 0 amide bonds. The molecule has 0 aliphatic carbocycles. The third kappa shape index (κ3) is 0.775. The molecule has 10 heavy (non-hydrogen) atoms. The topological polar surface area (TPSA) is 44.2 Å². The Morgan fingerprint density at radius 3 is 3.50 bits per heavy atom. The summed E-state index contributed by atoms with van der Waals surface area (Å²) in [6.45, 7) is 2.86. The van der Waals surface area contributed by atoms with Crippen LogP contribution in [-0.4, -0.2) is 16.8 Å². The Morgan fingerprint density at radius 2 is 2.60 bits per heavy atom. The molecule has 0 atom stereocenters. The first kappa shape index (κ1) is 5.46. The largest absolute Gasteiger partial charge is 0.483 e. The molecule has 0 fully saturated rings. The first-order valence-corrected chi connectivity index (χ1v) is 2.81. The molecular formula is C6H4N2O2. The molecule has 0 unspecified atom stereocenters. The summed E-state index contributed by atoms with van der Waals surface area (Å²) in [6, 6.07) is 1.70. The van der Waals surface area contributed by atoms with Crippen LogP contribution in [0.15, 0.2) is 12.3 Å². The Balaban J connectivity index is 2.41. The van der Waals surface area contributed by atoms with Crippen molar-refractivity contribution in [2.24, 2.45) is 0 Å². The second-order valence-electron chi connectivity index (χ2n) is 1.74. The first-order valence-electron chi connectivity index (χ1n) is 2.81. The van der Waals surface area contributed by atoms with E-state index in [1.54, 1.807) is 12.3 Å². The Morgan fingerprint density at radius 1 is 1.60 bits per heavy atom. The average Bonchev–Trinajstić information content (AvgIpc) is 2.05. The van der Waals surface area contributed by atoms with Crippen LogP contribution in [0.5, 0.6) is 11.6 Å². The maximum Gasteiger partial charge on any atom is 0.277 e. The number of fused-ring (bicyclic) bond motifs is 1. The lowest BCUT2D eigenvalue weighted by molar-refractivity contribution is 0.214. The van der Waals surface area contributed by atoms with Gasteiger partial charge in [-0.25, -0.2) is 0 Å². The van der Waals surface area contributed by atoms with Crippen molar-refractivity contribution in [1.29, 1.82) is 0 Å². The normalized spacial score (nSPS) is 14.8. The van der Waals surface area contributed by atoms with Gasteiger partial charge in [0.2, 0.25) is 6.61 Å². The zero-order valence-electron chi connectivity index (χ0n) is 5.07. The van der Waals surface area contributed by atoms with E-state index in [9.17, 15) is 0 Å². The molecule has 2 rings (SSSR count). The van der Waals surface area contributed by atoms with E-state index in [-0.39, 0.29) is 0 Å². The molecule has 0 spiro atoms.